The maximum atomic E-state index is 11.4. The zero-order chi connectivity index (χ0) is 10.8. The molecule has 15 heavy (non-hydrogen) atoms. The van der Waals surface area contributed by atoms with Gasteiger partial charge in [0.05, 0.1) is 12.7 Å². The molecule has 0 fully saturated rings. The van der Waals surface area contributed by atoms with Crippen LogP contribution in [0.25, 0.3) is 0 Å². The summed E-state index contributed by atoms with van der Waals surface area (Å²) >= 11 is 0. The lowest BCUT2D eigenvalue weighted by Crippen LogP contribution is -2.28. The first-order valence-corrected chi connectivity index (χ1v) is 4.58. The number of hydrogen-bond acceptors (Lipinski definition) is 4. The third-order valence-electron chi connectivity index (χ3n) is 2.36. The molecule has 0 aromatic heterocycles. The molecular formula is C11H10O4. The van der Waals surface area contributed by atoms with E-state index in [4.69, 9.17) is 9.47 Å². The quantitative estimate of drug-likeness (QED) is 0.534. The van der Waals surface area contributed by atoms with Gasteiger partial charge in [0, 0.05) is 6.42 Å². The first-order valence-electron chi connectivity index (χ1n) is 4.58. The molecule has 0 spiro atoms. The molecule has 1 atom stereocenters. The van der Waals surface area contributed by atoms with Gasteiger partial charge in [-0.3, -0.25) is 4.79 Å². The number of carbonyl (C=O) groups is 2. The van der Waals surface area contributed by atoms with Crippen molar-refractivity contribution in [1.29, 1.82) is 0 Å². The number of methoxy groups -OCH3 is 1. The highest BCUT2D eigenvalue weighted by atomic mass is 16.5. The predicted molar refractivity (Wildman–Crippen MR) is 52.0 cm³/mol. The molecule has 1 aliphatic rings. The van der Waals surface area contributed by atoms with Crippen LogP contribution in [0.2, 0.25) is 0 Å². The minimum Gasteiger partial charge on any atom is -0.497 e. The van der Waals surface area contributed by atoms with Gasteiger partial charge in [0.15, 0.2) is 12.4 Å². The fraction of sp³-hybridized carbons (Fsp3) is 0.273. The average Bonchev–Trinajstić information content (AvgIpc) is 2.28. The van der Waals surface area contributed by atoms with Crippen LogP contribution in [0.4, 0.5) is 0 Å². The molecule has 1 aliphatic heterocycles. The fourth-order valence-corrected chi connectivity index (χ4v) is 1.60. The molecule has 78 valence electrons. The molecule has 0 saturated heterocycles. The summed E-state index contributed by atoms with van der Waals surface area (Å²) in [7, 11) is 1.56. The van der Waals surface area contributed by atoms with E-state index in [0.29, 0.717) is 24.0 Å². The topological polar surface area (TPSA) is 52.6 Å². The van der Waals surface area contributed by atoms with Gasteiger partial charge in [0.25, 0.3) is 0 Å². The number of cyclic esters (lactones) is 1. The second-order valence-corrected chi connectivity index (χ2v) is 3.31. The highest BCUT2D eigenvalue weighted by molar-refractivity contribution is 5.93. The van der Waals surface area contributed by atoms with Crippen LogP contribution < -0.4 is 4.74 Å². The van der Waals surface area contributed by atoms with E-state index in [0.717, 1.165) is 5.56 Å². The Balaban J connectivity index is 2.41. The van der Waals surface area contributed by atoms with E-state index in [2.05, 4.69) is 0 Å². The molecular weight excluding hydrogens is 196 g/mol. The Bertz CT molecular complexity index is 411. The molecule has 0 amide bonds. The van der Waals surface area contributed by atoms with Gasteiger partial charge in [-0.2, -0.15) is 0 Å². The minimum atomic E-state index is -0.669. The molecule has 1 heterocycles. The number of carbonyl (C=O) groups excluding carboxylic acids is 2. The highest BCUT2D eigenvalue weighted by Crippen LogP contribution is 2.24. The lowest BCUT2D eigenvalue weighted by Gasteiger charge is -2.20. The molecule has 1 unspecified atom stereocenters. The number of esters is 1. The molecule has 0 N–H and O–H groups in total. The van der Waals surface area contributed by atoms with Crippen LogP contribution in [0.5, 0.6) is 5.75 Å². The molecule has 0 saturated carbocycles. The van der Waals surface area contributed by atoms with Crippen molar-refractivity contribution in [2.75, 3.05) is 7.11 Å². The van der Waals surface area contributed by atoms with Gasteiger partial charge < -0.3 is 9.47 Å². The summed E-state index contributed by atoms with van der Waals surface area (Å²) in [5.41, 5.74) is 1.30. The van der Waals surface area contributed by atoms with E-state index >= 15 is 0 Å². The second kappa shape index (κ2) is 3.73. The molecule has 4 nitrogen and oxygen atoms in total. The van der Waals surface area contributed by atoms with Gasteiger partial charge >= 0.3 is 5.97 Å². The van der Waals surface area contributed by atoms with E-state index in [-0.39, 0.29) is 0 Å². The predicted octanol–water partition coefficient (Wildman–Crippen LogP) is 0.976. The summed E-state index contributed by atoms with van der Waals surface area (Å²) in [4.78, 5) is 22.0. The van der Waals surface area contributed by atoms with Crippen molar-refractivity contribution >= 4 is 12.3 Å². The van der Waals surface area contributed by atoms with Crippen molar-refractivity contribution in [2.45, 2.75) is 12.5 Å². The van der Waals surface area contributed by atoms with Crippen molar-refractivity contribution in [3.8, 4) is 5.75 Å². The van der Waals surface area contributed by atoms with Crippen LogP contribution in [0.1, 0.15) is 15.9 Å². The lowest BCUT2D eigenvalue weighted by molar-refractivity contribution is -0.115. The Morgan fingerprint density at radius 3 is 3.00 bits per heavy atom. The summed E-state index contributed by atoms with van der Waals surface area (Å²) in [5, 5.41) is 0. The molecule has 0 aliphatic carbocycles. The third kappa shape index (κ3) is 1.70. The standard InChI is InChI=1S/C11H10O4/c1-14-8-2-3-10-7(4-8)5-9(6-12)15-11(10)13/h2-4,6,9H,5H2,1H3. The summed E-state index contributed by atoms with van der Waals surface area (Å²) in [6.07, 6.45) is 0.388. The number of fused-ring (bicyclic) bond motifs is 1. The van der Waals surface area contributed by atoms with Gasteiger partial charge in [0.1, 0.15) is 5.75 Å². The molecule has 0 bridgehead atoms. The van der Waals surface area contributed by atoms with Gasteiger partial charge in [-0.25, -0.2) is 4.79 Å². The second-order valence-electron chi connectivity index (χ2n) is 3.31. The minimum absolute atomic E-state index is 0.418. The average molecular weight is 206 g/mol. The molecule has 4 heteroatoms. The number of rotatable bonds is 2. The Morgan fingerprint density at radius 2 is 2.33 bits per heavy atom. The van der Waals surface area contributed by atoms with Crippen molar-refractivity contribution in [1.82, 2.24) is 0 Å². The molecule has 0 radical (unpaired) electrons. The van der Waals surface area contributed by atoms with E-state index in [1.807, 2.05) is 0 Å². The van der Waals surface area contributed by atoms with Crippen molar-refractivity contribution in [3.05, 3.63) is 29.3 Å². The van der Waals surface area contributed by atoms with Crippen LogP contribution in [0.3, 0.4) is 0 Å². The van der Waals surface area contributed by atoms with Gasteiger partial charge in [-0.05, 0) is 23.8 Å². The Hall–Kier alpha value is -1.84. The van der Waals surface area contributed by atoms with E-state index in [1.54, 1.807) is 25.3 Å². The summed E-state index contributed by atoms with van der Waals surface area (Å²) < 4.78 is 9.93. The summed E-state index contributed by atoms with van der Waals surface area (Å²) in [6, 6.07) is 5.10. The first kappa shape index (κ1) is 9.71. The molecule has 2 rings (SSSR count). The maximum absolute atomic E-state index is 11.4. The van der Waals surface area contributed by atoms with E-state index in [9.17, 15) is 9.59 Å². The Labute approximate surface area is 86.8 Å². The number of benzene rings is 1. The maximum Gasteiger partial charge on any atom is 0.339 e. The lowest BCUT2D eigenvalue weighted by atomic mass is 9.99. The van der Waals surface area contributed by atoms with E-state index < -0.39 is 12.1 Å². The molecule has 1 aromatic carbocycles. The fourth-order valence-electron chi connectivity index (χ4n) is 1.60. The summed E-state index contributed by atoms with van der Waals surface area (Å²) in [5.74, 6) is 0.226. The van der Waals surface area contributed by atoms with Crippen molar-refractivity contribution in [2.24, 2.45) is 0 Å². The summed E-state index contributed by atoms with van der Waals surface area (Å²) in [6.45, 7) is 0. The van der Waals surface area contributed by atoms with Crippen molar-refractivity contribution in [3.63, 3.8) is 0 Å². The smallest absolute Gasteiger partial charge is 0.339 e. The largest absolute Gasteiger partial charge is 0.497 e. The monoisotopic (exact) mass is 206 g/mol. The Kier molecular flexibility index (Phi) is 2.41. The zero-order valence-electron chi connectivity index (χ0n) is 8.23. The van der Waals surface area contributed by atoms with Crippen molar-refractivity contribution < 1.29 is 19.1 Å². The van der Waals surface area contributed by atoms with Gasteiger partial charge in [-0.1, -0.05) is 0 Å². The van der Waals surface area contributed by atoms with E-state index in [1.165, 1.54) is 0 Å². The van der Waals surface area contributed by atoms with Crippen LogP contribution in [0, 0.1) is 0 Å². The SMILES string of the molecule is COc1ccc2c(c1)CC(C=O)OC2=O. The first-order chi connectivity index (χ1) is 7.24. The number of hydrogen-bond donors (Lipinski definition) is 0. The molecule has 1 aromatic rings. The van der Waals surface area contributed by atoms with Crippen LogP contribution in [-0.2, 0) is 16.0 Å². The van der Waals surface area contributed by atoms with Crippen LogP contribution in [0.15, 0.2) is 18.2 Å². The third-order valence-corrected chi connectivity index (χ3v) is 2.36. The number of aldehydes is 1. The Morgan fingerprint density at radius 1 is 1.53 bits per heavy atom. The van der Waals surface area contributed by atoms with Gasteiger partial charge in [-0.15, -0.1) is 0 Å². The van der Waals surface area contributed by atoms with Crippen LogP contribution >= 0.6 is 0 Å². The van der Waals surface area contributed by atoms with Gasteiger partial charge in [0.2, 0.25) is 0 Å². The highest BCUT2D eigenvalue weighted by Gasteiger charge is 2.25. The normalized spacial score (nSPS) is 19.0. The van der Waals surface area contributed by atoms with Crippen LogP contribution in [-0.4, -0.2) is 25.5 Å². The number of ether oxygens (including phenoxy) is 2. The zero-order valence-corrected chi connectivity index (χ0v) is 8.23.